The van der Waals surface area contributed by atoms with E-state index in [9.17, 15) is 13.2 Å². The average molecular weight is 362 g/mol. The molecule has 2 aromatic carbocycles. The molecular formula is C18H22N2O4S. The number of amides is 1. The van der Waals surface area contributed by atoms with Crippen LogP contribution in [0.2, 0.25) is 0 Å². The topological polar surface area (TPSA) is 84.5 Å². The molecule has 0 unspecified atom stereocenters. The molecule has 0 spiro atoms. The number of carbonyl (C=O) groups is 1. The molecule has 1 amide bonds. The van der Waals surface area contributed by atoms with Gasteiger partial charge in [0.2, 0.25) is 10.0 Å². The monoisotopic (exact) mass is 362 g/mol. The molecule has 25 heavy (non-hydrogen) atoms. The van der Waals surface area contributed by atoms with Gasteiger partial charge in [-0.3, -0.25) is 4.79 Å². The van der Waals surface area contributed by atoms with E-state index in [0.717, 1.165) is 11.3 Å². The highest BCUT2D eigenvalue weighted by Gasteiger charge is 2.13. The molecule has 0 aliphatic carbocycles. The van der Waals surface area contributed by atoms with Gasteiger partial charge >= 0.3 is 0 Å². The van der Waals surface area contributed by atoms with E-state index in [1.807, 2.05) is 31.2 Å². The van der Waals surface area contributed by atoms with Crippen molar-refractivity contribution in [1.82, 2.24) is 10.0 Å². The van der Waals surface area contributed by atoms with E-state index in [1.54, 1.807) is 12.1 Å². The first-order valence-corrected chi connectivity index (χ1v) is 9.42. The predicted molar refractivity (Wildman–Crippen MR) is 96.3 cm³/mol. The highest BCUT2D eigenvalue weighted by Crippen LogP contribution is 2.13. The Labute approximate surface area is 148 Å². The summed E-state index contributed by atoms with van der Waals surface area (Å²) in [5, 5.41) is 2.76. The molecule has 0 aromatic heterocycles. The number of benzene rings is 2. The van der Waals surface area contributed by atoms with Gasteiger partial charge in [0.1, 0.15) is 5.75 Å². The molecule has 2 aromatic rings. The van der Waals surface area contributed by atoms with Crippen LogP contribution in [0.15, 0.2) is 53.4 Å². The van der Waals surface area contributed by atoms with Gasteiger partial charge in [-0.05, 0) is 56.3 Å². The molecule has 0 aliphatic heterocycles. The van der Waals surface area contributed by atoms with E-state index in [-0.39, 0.29) is 10.8 Å². The largest absolute Gasteiger partial charge is 0.494 e. The van der Waals surface area contributed by atoms with Crippen LogP contribution in [0.5, 0.6) is 5.75 Å². The van der Waals surface area contributed by atoms with Crippen molar-refractivity contribution in [2.75, 3.05) is 20.2 Å². The lowest BCUT2D eigenvalue weighted by Gasteiger charge is -2.09. The Bertz CT molecular complexity index is 834. The third kappa shape index (κ3) is 5.58. The Hall–Kier alpha value is -2.38. The molecule has 2 N–H and O–H groups in total. The first-order chi connectivity index (χ1) is 11.9. The van der Waals surface area contributed by atoms with Gasteiger partial charge in [0.15, 0.2) is 0 Å². The molecule has 0 radical (unpaired) electrons. The van der Waals surface area contributed by atoms with Gasteiger partial charge < -0.3 is 10.1 Å². The molecule has 0 heterocycles. The number of carbonyl (C=O) groups excluding carboxylic acids is 1. The highest BCUT2D eigenvalue weighted by molar-refractivity contribution is 7.89. The summed E-state index contributed by atoms with van der Waals surface area (Å²) < 4.78 is 31.4. The predicted octanol–water partition coefficient (Wildman–Crippen LogP) is 2.10. The van der Waals surface area contributed by atoms with Gasteiger partial charge in [0, 0.05) is 12.1 Å². The maximum absolute atomic E-state index is 12.1. The van der Waals surface area contributed by atoms with E-state index in [0.29, 0.717) is 25.1 Å². The van der Waals surface area contributed by atoms with Crippen LogP contribution < -0.4 is 14.8 Å². The second-order valence-corrected chi connectivity index (χ2v) is 7.40. The molecule has 2 rings (SSSR count). The standard InChI is InChI=1S/C18H22N2O4S/c1-14-6-3-8-16(12-14)24-11-5-10-20-18(21)15-7-4-9-17(13-15)25(22,23)19-2/h3-4,6-9,12-13,19H,5,10-11H2,1-2H3,(H,20,21). The fourth-order valence-electron chi connectivity index (χ4n) is 2.19. The number of aryl methyl sites for hydroxylation is 1. The maximum Gasteiger partial charge on any atom is 0.251 e. The number of hydrogen-bond acceptors (Lipinski definition) is 4. The molecule has 7 heteroatoms. The molecule has 6 nitrogen and oxygen atoms in total. The van der Waals surface area contributed by atoms with Gasteiger partial charge in [-0.25, -0.2) is 13.1 Å². The SMILES string of the molecule is CNS(=O)(=O)c1cccc(C(=O)NCCCOc2cccc(C)c2)c1. The number of ether oxygens (including phenoxy) is 1. The van der Waals surface area contributed by atoms with E-state index < -0.39 is 10.0 Å². The van der Waals surface area contributed by atoms with Gasteiger partial charge in [-0.1, -0.05) is 18.2 Å². The molecule has 0 saturated carbocycles. The third-order valence-electron chi connectivity index (χ3n) is 3.54. The lowest BCUT2D eigenvalue weighted by molar-refractivity contribution is 0.0951. The summed E-state index contributed by atoms with van der Waals surface area (Å²) in [6, 6.07) is 13.7. The van der Waals surface area contributed by atoms with Crippen LogP contribution in [0.1, 0.15) is 22.3 Å². The summed E-state index contributed by atoms with van der Waals surface area (Å²) in [5.41, 5.74) is 1.43. The summed E-state index contributed by atoms with van der Waals surface area (Å²) in [6.07, 6.45) is 0.647. The molecule has 0 fully saturated rings. The van der Waals surface area contributed by atoms with Crippen molar-refractivity contribution in [3.63, 3.8) is 0 Å². The maximum atomic E-state index is 12.1. The Kier molecular flexibility index (Phi) is 6.55. The van der Waals surface area contributed by atoms with Crippen molar-refractivity contribution in [3.05, 3.63) is 59.7 Å². The first kappa shape index (κ1) is 19.0. The zero-order chi connectivity index (χ0) is 18.3. The van der Waals surface area contributed by atoms with Crippen LogP contribution in [0.3, 0.4) is 0 Å². The Morgan fingerprint density at radius 1 is 1.12 bits per heavy atom. The molecular weight excluding hydrogens is 340 g/mol. The smallest absolute Gasteiger partial charge is 0.251 e. The van der Waals surface area contributed by atoms with Crippen molar-refractivity contribution >= 4 is 15.9 Å². The van der Waals surface area contributed by atoms with Crippen LogP contribution >= 0.6 is 0 Å². The van der Waals surface area contributed by atoms with Crippen molar-refractivity contribution in [1.29, 1.82) is 0 Å². The summed E-state index contributed by atoms with van der Waals surface area (Å²) in [4.78, 5) is 12.2. The molecule has 0 bridgehead atoms. The minimum atomic E-state index is -3.57. The lowest BCUT2D eigenvalue weighted by Crippen LogP contribution is -2.26. The van der Waals surface area contributed by atoms with Crippen molar-refractivity contribution in [2.24, 2.45) is 0 Å². The number of nitrogens with one attached hydrogen (secondary N) is 2. The summed E-state index contributed by atoms with van der Waals surface area (Å²) in [6.45, 7) is 2.92. The van der Waals surface area contributed by atoms with Gasteiger partial charge in [0.25, 0.3) is 5.91 Å². The third-order valence-corrected chi connectivity index (χ3v) is 4.95. The lowest BCUT2D eigenvalue weighted by atomic mass is 10.2. The Morgan fingerprint density at radius 3 is 2.60 bits per heavy atom. The van der Waals surface area contributed by atoms with Crippen LogP contribution in [-0.2, 0) is 10.0 Å². The van der Waals surface area contributed by atoms with E-state index >= 15 is 0 Å². The highest BCUT2D eigenvalue weighted by atomic mass is 32.2. The van der Waals surface area contributed by atoms with E-state index in [4.69, 9.17) is 4.74 Å². The second kappa shape index (κ2) is 8.64. The molecule has 134 valence electrons. The Morgan fingerprint density at radius 2 is 1.88 bits per heavy atom. The molecule has 0 aliphatic rings. The van der Waals surface area contributed by atoms with Crippen LogP contribution in [0, 0.1) is 6.92 Å². The zero-order valence-corrected chi connectivity index (χ0v) is 15.1. The summed E-state index contributed by atoms with van der Waals surface area (Å²) >= 11 is 0. The van der Waals surface area contributed by atoms with Crippen LogP contribution in [0.4, 0.5) is 0 Å². The fraction of sp³-hybridized carbons (Fsp3) is 0.278. The summed E-state index contributed by atoms with van der Waals surface area (Å²) in [7, 11) is -2.24. The van der Waals surface area contributed by atoms with Gasteiger partial charge in [-0.2, -0.15) is 0 Å². The van der Waals surface area contributed by atoms with Crippen LogP contribution in [0.25, 0.3) is 0 Å². The Balaban J connectivity index is 1.82. The number of sulfonamides is 1. The summed E-state index contributed by atoms with van der Waals surface area (Å²) in [5.74, 6) is 0.486. The zero-order valence-electron chi connectivity index (χ0n) is 14.3. The van der Waals surface area contributed by atoms with Crippen molar-refractivity contribution in [2.45, 2.75) is 18.2 Å². The van der Waals surface area contributed by atoms with E-state index in [2.05, 4.69) is 10.0 Å². The number of hydrogen-bond donors (Lipinski definition) is 2. The van der Waals surface area contributed by atoms with Crippen LogP contribution in [-0.4, -0.2) is 34.5 Å². The van der Waals surface area contributed by atoms with E-state index in [1.165, 1.54) is 19.2 Å². The second-order valence-electron chi connectivity index (χ2n) is 5.51. The molecule has 0 atom stereocenters. The normalized spacial score (nSPS) is 11.1. The average Bonchev–Trinajstić information content (AvgIpc) is 2.61. The quantitative estimate of drug-likeness (QED) is 0.705. The fourth-order valence-corrected chi connectivity index (χ4v) is 2.97. The minimum absolute atomic E-state index is 0.0606. The first-order valence-electron chi connectivity index (χ1n) is 7.93. The minimum Gasteiger partial charge on any atom is -0.494 e. The number of rotatable bonds is 8. The van der Waals surface area contributed by atoms with Gasteiger partial charge in [-0.15, -0.1) is 0 Å². The van der Waals surface area contributed by atoms with Crippen molar-refractivity contribution < 1.29 is 17.9 Å². The van der Waals surface area contributed by atoms with Gasteiger partial charge in [0.05, 0.1) is 11.5 Å². The molecule has 0 saturated heterocycles. The van der Waals surface area contributed by atoms with Crippen molar-refractivity contribution in [3.8, 4) is 5.75 Å².